The van der Waals surface area contributed by atoms with Crippen molar-refractivity contribution in [1.82, 2.24) is 21.9 Å². The van der Waals surface area contributed by atoms with Crippen molar-refractivity contribution < 1.29 is 0 Å². The number of hydrogen-bond donors (Lipinski definition) is 4. The zero-order valence-electron chi connectivity index (χ0n) is 6.26. The van der Waals surface area contributed by atoms with Crippen molar-refractivity contribution in [2.75, 3.05) is 0 Å². The SMILES string of the molecule is Brc1ccccc1C1NNNN1. The Kier molecular flexibility index (Phi) is 2.38. The molecular weight excluding hydrogens is 220 g/mol. The Hall–Kier alpha value is -0.460. The lowest BCUT2D eigenvalue weighted by molar-refractivity contribution is 0.552. The molecule has 1 aromatic carbocycles. The van der Waals surface area contributed by atoms with Crippen LogP contribution >= 0.6 is 15.9 Å². The maximum absolute atomic E-state index is 3.47. The van der Waals surface area contributed by atoms with Crippen LogP contribution in [0.1, 0.15) is 11.7 Å². The molecule has 12 heavy (non-hydrogen) atoms. The van der Waals surface area contributed by atoms with Crippen molar-refractivity contribution in [3.8, 4) is 0 Å². The van der Waals surface area contributed by atoms with E-state index in [0.717, 1.165) is 10.0 Å². The predicted molar refractivity (Wildman–Crippen MR) is 49.4 cm³/mol. The molecule has 1 aliphatic rings. The summed E-state index contributed by atoms with van der Waals surface area (Å²) < 4.78 is 1.08. The first-order valence-corrected chi connectivity index (χ1v) is 4.43. The highest BCUT2D eigenvalue weighted by molar-refractivity contribution is 9.10. The van der Waals surface area contributed by atoms with Gasteiger partial charge < -0.3 is 0 Å². The van der Waals surface area contributed by atoms with E-state index >= 15 is 0 Å². The average Bonchev–Trinajstić information content (AvgIpc) is 2.57. The summed E-state index contributed by atoms with van der Waals surface area (Å²) in [6.45, 7) is 0. The lowest BCUT2D eigenvalue weighted by atomic mass is 10.2. The maximum atomic E-state index is 3.47. The summed E-state index contributed by atoms with van der Waals surface area (Å²) in [5.74, 6) is 0. The standard InChI is InChI=1S/C7H9BrN4/c8-6-4-2-1-3-5(6)7-9-11-12-10-7/h1-4,7,9-12H. The van der Waals surface area contributed by atoms with Gasteiger partial charge in [0.05, 0.1) is 0 Å². The molecule has 0 amide bonds. The number of nitrogens with one attached hydrogen (secondary N) is 4. The summed E-state index contributed by atoms with van der Waals surface area (Å²) >= 11 is 3.47. The molecule has 1 heterocycles. The van der Waals surface area contributed by atoms with Crippen molar-refractivity contribution >= 4 is 15.9 Å². The van der Waals surface area contributed by atoms with Crippen LogP contribution in [0.2, 0.25) is 0 Å². The van der Waals surface area contributed by atoms with E-state index < -0.39 is 0 Å². The van der Waals surface area contributed by atoms with Gasteiger partial charge in [-0.3, -0.25) is 0 Å². The van der Waals surface area contributed by atoms with E-state index in [1.807, 2.05) is 24.3 Å². The van der Waals surface area contributed by atoms with E-state index in [-0.39, 0.29) is 6.17 Å². The highest BCUT2D eigenvalue weighted by Crippen LogP contribution is 2.21. The Labute approximate surface area is 78.8 Å². The number of rotatable bonds is 1. The summed E-state index contributed by atoms with van der Waals surface area (Å²) in [5, 5.41) is 0. The summed E-state index contributed by atoms with van der Waals surface area (Å²) in [7, 11) is 0. The molecule has 1 saturated heterocycles. The smallest absolute Gasteiger partial charge is 0.112 e. The van der Waals surface area contributed by atoms with E-state index in [1.165, 1.54) is 0 Å². The van der Waals surface area contributed by atoms with Gasteiger partial charge >= 0.3 is 0 Å². The normalized spacial score (nSPS) is 18.4. The molecule has 0 aromatic heterocycles. The molecule has 4 nitrogen and oxygen atoms in total. The van der Waals surface area contributed by atoms with E-state index in [1.54, 1.807) is 0 Å². The van der Waals surface area contributed by atoms with Gasteiger partial charge in [0, 0.05) is 10.0 Å². The van der Waals surface area contributed by atoms with Crippen LogP contribution in [0.15, 0.2) is 28.7 Å². The minimum Gasteiger partial charge on any atom is -0.220 e. The van der Waals surface area contributed by atoms with Crippen LogP contribution in [0.5, 0.6) is 0 Å². The van der Waals surface area contributed by atoms with Gasteiger partial charge in [-0.25, -0.2) is 10.9 Å². The first kappa shape index (κ1) is 8.15. The lowest BCUT2D eigenvalue weighted by Crippen LogP contribution is -2.33. The maximum Gasteiger partial charge on any atom is 0.112 e. The molecule has 0 unspecified atom stereocenters. The molecule has 2 rings (SSSR count). The number of hydrazine groups is 3. The second-order valence-electron chi connectivity index (χ2n) is 2.49. The van der Waals surface area contributed by atoms with Crippen LogP contribution in [0.4, 0.5) is 0 Å². The van der Waals surface area contributed by atoms with Crippen LogP contribution < -0.4 is 21.9 Å². The van der Waals surface area contributed by atoms with Gasteiger partial charge in [-0.2, -0.15) is 11.1 Å². The van der Waals surface area contributed by atoms with Crippen LogP contribution in [0.3, 0.4) is 0 Å². The van der Waals surface area contributed by atoms with Gasteiger partial charge in [0.2, 0.25) is 0 Å². The summed E-state index contributed by atoms with van der Waals surface area (Å²) in [6.07, 6.45) is 0.0978. The van der Waals surface area contributed by atoms with Gasteiger partial charge in [0.1, 0.15) is 6.17 Å². The van der Waals surface area contributed by atoms with E-state index in [9.17, 15) is 0 Å². The lowest BCUT2D eigenvalue weighted by Gasteiger charge is -2.10. The van der Waals surface area contributed by atoms with Crippen molar-refractivity contribution in [3.63, 3.8) is 0 Å². The van der Waals surface area contributed by atoms with Crippen LogP contribution in [0.25, 0.3) is 0 Å². The van der Waals surface area contributed by atoms with Crippen LogP contribution in [-0.2, 0) is 0 Å². The zero-order chi connectivity index (χ0) is 8.39. The van der Waals surface area contributed by atoms with Gasteiger partial charge in [-0.05, 0) is 6.07 Å². The van der Waals surface area contributed by atoms with Gasteiger partial charge in [0.15, 0.2) is 0 Å². The molecule has 64 valence electrons. The Bertz CT molecular complexity index is 272. The molecule has 1 aromatic rings. The highest BCUT2D eigenvalue weighted by Gasteiger charge is 2.16. The fourth-order valence-corrected chi connectivity index (χ4v) is 1.63. The summed E-state index contributed by atoms with van der Waals surface area (Å²) in [4.78, 5) is 0. The third-order valence-corrected chi connectivity index (χ3v) is 2.43. The van der Waals surface area contributed by atoms with Crippen LogP contribution in [0, 0.1) is 0 Å². The Morgan fingerprint density at radius 2 is 1.75 bits per heavy atom. The molecule has 5 heteroatoms. The average molecular weight is 229 g/mol. The third-order valence-electron chi connectivity index (χ3n) is 1.71. The quantitative estimate of drug-likeness (QED) is 0.568. The monoisotopic (exact) mass is 228 g/mol. The number of benzene rings is 1. The van der Waals surface area contributed by atoms with E-state index in [4.69, 9.17) is 0 Å². The molecule has 0 radical (unpaired) electrons. The third kappa shape index (κ3) is 1.50. The molecule has 0 spiro atoms. The molecule has 0 bridgehead atoms. The van der Waals surface area contributed by atoms with Gasteiger partial charge in [-0.1, -0.05) is 34.1 Å². The second kappa shape index (κ2) is 3.51. The topological polar surface area (TPSA) is 48.1 Å². The van der Waals surface area contributed by atoms with Crippen molar-refractivity contribution in [3.05, 3.63) is 34.3 Å². The molecule has 1 fully saturated rings. The predicted octanol–water partition coefficient (Wildman–Crippen LogP) is 0.565. The van der Waals surface area contributed by atoms with Crippen molar-refractivity contribution in [2.45, 2.75) is 6.17 Å². The molecule has 4 N–H and O–H groups in total. The summed E-state index contributed by atoms with van der Waals surface area (Å²) in [6, 6.07) is 8.05. The fraction of sp³-hybridized carbons (Fsp3) is 0.143. The summed E-state index contributed by atoms with van der Waals surface area (Å²) in [5.41, 5.74) is 12.7. The zero-order valence-corrected chi connectivity index (χ0v) is 7.85. The number of hydrogen-bond acceptors (Lipinski definition) is 4. The first-order chi connectivity index (χ1) is 5.88. The van der Waals surface area contributed by atoms with Crippen molar-refractivity contribution in [1.29, 1.82) is 0 Å². The number of halogens is 1. The highest BCUT2D eigenvalue weighted by atomic mass is 79.9. The van der Waals surface area contributed by atoms with Crippen molar-refractivity contribution in [2.24, 2.45) is 0 Å². The van der Waals surface area contributed by atoms with Crippen LogP contribution in [-0.4, -0.2) is 0 Å². The second-order valence-corrected chi connectivity index (χ2v) is 3.35. The molecular formula is C7H9BrN4. The molecule has 0 atom stereocenters. The van der Waals surface area contributed by atoms with Gasteiger partial charge in [0.25, 0.3) is 0 Å². The molecule has 0 aliphatic carbocycles. The Morgan fingerprint density at radius 3 is 2.42 bits per heavy atom. The van der Waals surface area contributed by atoms with E-state index in [2.05, 4.69) is 37.9 Å². The Balaban J connectivity index is 2.26. The van der Waals surface area contributed by atoms with E-state index in [0.29, 0.717) is 0 Å². The molecule has 0 saturated carbocycles. The largest absolute Gasteiger partial charge is 0.220 e. The minimum absolute atomic E-state index is 0.0978. The van der Waals surface area contributed by atoms with Gasteiger partial charge in [-0.15, -0.1) is 0 Å². The Morgan fingerprint density at radius 1 is 1.08 bits per heavy atom. The minimum atomic E-state index is 0.0978. The first-order valence-electron chi connectivity index (χ1n) is 3.63. The fourth-order valence-electron chi connectivity index (χ4n) is 1.12. The molecule has 1 aliphatic heterocycles.